The molecule has 104 valence electrons. The molecule has 0 N–H and O–H groups in total. The Morgan fingerprint density at radius 1 is 1.24 bits per heavy atom. The van der Waals surface area contributed by atoms with Gasteiger partial charge in [-0.05, 0) is 38.1 Å². The summed E-state index contributed by atoms with van der Waals surface area (Å²) in [6, 6.07) is 10.6. The molecule has 21 heavy (non-hydrogen) atoms. The molecule has 0 atom stereocenters. The summed E-state index contributed by atoms with van der Waals surface area (Å²) in [5.41, 5.74) is 2.14. The number of rotatable bonds is 1. The predicted octanol–water partition coefficient (Wildman–Crippen LogP) is 3.47. The Morgan fingerprint density at radius 3 is 2.76 bits per heavy atom. The topological polar surface area (TPSA) is 40.5 Å². The Balaban J connectivity index is 2.26. The van der Waals surface area contributed by atoms with Gasteiger partial charge in [-0.2, -0.15) is 4.73 Å². The fourth-order valence-electron chi connectivity index (χ4n) is 2.47. The van der Waals surface area contributed by atoms with Crippen molar-refractivity contribution in [2.24, 2.45) is 0 Å². The first-order valence-electron chi connectivity index (χ1n) is 6.62. The van der Waals surface area contributed by atoms with E-state index in [1.165, 1.54) is 6.20 Å². The molecule has 0 saturated carbocycles. The van der Waals surface area contributed by atoms with Gasteiger partial charge in [0.2, 0.25) is 5.69 Å². The van der Waals surface area contributed by atoms with Crippen LogP contribution in [0.3, 0.4) is 0 Å². The Bertz CT molecular complexity index is 786. The molecule has 0 fully saturated rings. The van der Waals surface area contributed by atoms with Crippen molar-refractivity contribution in [1.82, 2.24) is 0 Å². The van der Waals surface area contributed by atoms with Crippen molar-refractivity contribution in [2.75, 3.05) is 0 Å². The Kier molecular flexibility index (Phi) is 2.91. The van der Waals surface area contributed by atoms with Crippen LogP contribution < -0.4 is 9.47 Å². The zero-order valence-electron chi connectivity index (χ0n) is 11.8. The van der Waals surface area contributed by atoms with E-state index in [2.05, 4.69) is 4.85 Å². The molecule has 0 bridgehead atoms. The summed E-state index contributed by atoms with van der Waals surface area (Å²) in [6.07, 6.45) is 3.39. The summed E-state index contributed by atoms with van der Waals surface area (Å²) in [4.78, 5) is 3.45. The normalized spacial score (nSPS) is 15.4. The van der Waals surface area contributed by atoms with Crippen LogP contribution in [0.2, 0.25) is 0 Å². The molecule has 0 aliphatic carbocycles. The monoisotopic (exact) mass is 278 g/mol. The molecule has 4 nitrogen and oxygen atoms in total. The van der Waals surface area contributed by atoms with Crippen LogP contribution in [0.15, 0.2) is 48.7 Å². The lowest BCUT2D eigenvalue weighted by atomic mass is 9.92. The first-order chi connectivity index (χ1) is 10.00. The fraction of sp³-hybridized carbons (Fsp3) is 0.176. The minimum Gasteiger partial charge on any atom is -0.618 e. The molecule has 4 heteroatoms. The Morgan fingerprint density at radius 2 is 2.05 bits per heavy atom. The summed E-state index contributed by atoms with van der Waals surface area (Å²) >= 11 is 0. The predicted molar refractivity (Wildman–Crippen MR) is 79.9 cm³/mol. The lowest BCUT2D eigenvalue weighted by molar-refractivity contribution is -0.608. The van der Waals surface area contributed by atoms with E-state index in [9.17, 15) is 5.21 Å². The van der Waals surface area contributed by atoms with Crippen LogP contribution in [0, 0.1) is 11.8 Å². The molecule has 1 aromatic heterocycles. The SMILES string of the molecule is [C-]#[N+]c1ccc2c(c1)C(c1cccc[n+]1[O-])=CC(C)(C)O2. The summed E-state index contributed by atoms with van der Waals surface area (Å²) < 4.78 is 6.75. The van der Waals surface area contributed by atoms with Crippen LogP contribution >= 0.6 is 0 Å². The van der Waals surface area contributed by atoms with Crippen LogP contribution in [0.4, 0.5) is 5.69 Å². The largest absolute Gasteiger partial charge is 0.618 e. The zero-order chi connectivity index (χ0) is 15.0. The lowest BCUT2D eigenvalue weighted by Crippen LogP contribution is -2.34. The van der Waals surface area contributed by atoms with Crippen LogP contribution in [0.5, 0.6) is 5.75 Å². The summed E-state index contributed by atoms with van der Waals surface area (Å²) in [7, 11) is 0. The molecular weight excluding hydrogens is 264 g/mol. The van der Waals surface area contributed by atoms with Gasteiger partial charge < -0.3 is 9.94 Å². The minimum atomic E-state index is -0.509. The summed E-state index contributed by atoms with van der Waals surface area (Å²) in [6.45, 7) is 11.0. The van der Waals surface area contributed by atoms with E-state index in [0.717, 1.165) is 15.9 Å². The van der Waals surface area contributed by atoms with Gasteiger partial charge in [-0.25, -0.2) is 4.85 Å². The van der Waals surface area contributed by atoms with Gasteiger partial charge in [-0.1, -0.05) is 6.07 Å². The molecule has 0 spiro atoms. The standard InChI is InChI=1S/C17H14N2O2/c1-17(2)11-14(15-6-4-5-9-19(15)20)13-10-12(18-3)7-8-16(13)21-17/h4-11H,1-2H3. The third-order valence-corrected chi connectivity index (χ3v) is 3.35. The van der Waals surface area contributed by atoms with Gasteiger partial charge >= 0.3 is 0 Å². The first-order valence-corrected chi connectivity index (χ1v) is 6.62. The van der Waals surface area contributed by atoms with E-state index in [4.69, 9.17) is 11.3 Å². The van der Waals surface area contributed by atoms with Crippen LogP contribution in [0.1, 0.15) is 25.1 Å². The van der Waals surface area contributed by atoms with Crippen molar-refractivity contribution in [2.45, 2.75) is 19.4 Å². The Labute approximate surface area is 123 Å². The highest BCUT2D eigenvalue weighted by atomic mass is 16.5. The number of aromatic nitrogens is 1. The first kappa shape index (κ1) is 13.2. The Hall–Kier alpha value is -2.80. The van der Waals surface area contributed by atoms with Crippen LogP contribution in [-0.4, -0.2) is 5.60 Å². The zero-order valence-corrected chi connectivity index (χ0v) is 11.8. The van der Waals surface area contributed by atoms with Crippen molar-refractivity contribution in [3.8, 4) is 5.75 Å². The van der Waals surface area contributed by atoms with E-state index in [1.54, 1.807) is 30.3 Å². The van der Waals surface area contributed by atoms with E-state index < -0.39 is 5.60 Å². The lowest BCUT2D eigenvalue weighted by Gasteiger charge is -2.30. The molecule has 2 heterocycles. The van der Waals surface area contributed by atoms with Gasteiger partial charge in [-0.15, -0.1) is 0 Å². The van der Waals surface area contributed by atoms with Crippen molar-refractivity contribution < 1.29 is 9.47 Å². The highest BCUT2D eigenvalue weighted by molar-refractivity contribution is 5.84. The molecule has 0 radical (unpaired) electrons. The second-order valence-electron chi connectivity index (χ2n) is 5.47. The molecular formula is C17H14N2O2. The van der Waals surface area contributed by atoms with Crippen molar-refractivity contribution >= 4 is 11.3 Å². The third kappa shape index (κ3) is 2.34. The molecule has 0 unspecified atom stereocenters. The number of benzene rings is 1. The molecule has 1 aliphatic rings. The average Bonchev–Trinajstić information content (AvgIpc) is 2.46. The summed E-state index contributed by atoms with van der Waals surface area (Å²) in [5.74, 6) is 0.689. The highest BCUT2D eigenvalue weighted by Gasteiger charge is 2.30. The molecule has 2 aromatic rings. The van der Waals surface area contributed by atoms with Crippen molar-refractivity contribution in [3.05, 3.63) is 76.6 Å². The molecule has 0 saturated heterocycles. The molecule has 1 aromatic carbocycles. The van der Waals surface area contributed by atoms with Crippen molar-refractivity contribution in [1.29, 1.82) is 0 Å². The minimum absolute atomic E-state index is 0.509. The van der Waals surface area contributed by atoms with E-state index in [-0.39, 0.29) is 0 Å². The maximum absolute atomic E-state index is 12.1. The number of ether oxygens (including phenoxy) is 1. The average molecular weight is 278 g/mol. The smallest absolute Gasteiger partial charge is 0.224 e. The number of nitrogens with zero attached hydrogens (tertiary/aromatic N) is 2. The van der Waals surface area contributed by atoms with Gasteiger partial charge in [0.25, 0.3) is 0 Å². The van der Waals surface area contributed by atoms with Gasteiger partial charge in [-0.3, -0.25) is 0 Å². The van der Waals surface area contributed by atoms with Crippen LogP contribution in [0.25, 0.3) is 10.4 Å². The molecule has 1 aliphatic heterocycles. The molecule has 3 rings (SSSR count). The van der Waals surface area contributed by atoms with Crippen molar-refractivity contribution in [3.63, 3.8) is 0 Å². The van der Waals surface area contributed by atoms with Gasteiger partial charge in [0.05, 0.1) is 12.1 Å². The number of fused-ring (bicyclic) bond motifs is 1. The highest BCUT2D eigenvalue weighted by Crippen LogP contribution is 2.40. The maximum Gasteiger partial charge on any atom is 0.224 e. The van der Waals surface area contributed by atoms with E-state index in [1.807, 2.05) is 26.0 Å². The molecule has 0 amide bonds. The van der Waals surface area contributed by atoms with Crippen LogP contribution in [-0.2, 0) is 0 Å². The van der Waals surface area contributed by atoms with E-state index in [0.29, 0.717) is 17.1 Å². The fourth-order valence-corrected chi connectivity index (χ4v) is 2.47. The number of pyridine rings is 1. The maximum atomic E-state index is 12.1. The second-order valence-corrected chi connectivity index (χ2v) is 5.47. The van der Waals surface area contributed by atoms with Gasteiger partial charge in [0, 0.05) is 17.7 Å². The third-order valence-electron chi connectivity index (χ3n) is 3.35. The number of hydrogen-bond acceptors (Lipinski definition) is 2. The number of hydrogen-bond donors (Lipinski definition) is 0. The summed E-state index contributed by atoms with van der Waals surface area (Å²) in [5, 5.41) is 12.1. The second kappa shape index (κ2) is 4.64. The van der Waals surface area contributed by atoms with Gasteiger partial charge in [0.15, 0.2) is 11.9 Å². The van der Waals surface area contributed by atoms with E-state index >= 15 is 0 Å². The quantitative estimate of drug-likeness (QED) is 0.455. The van der Waals surface area contributed by atoms with Gasteiger partial charge in [0.1, 0.15) is 11.4 Å².